The van der Waals surface area contributed by atoms with Gasteiger partial charge in [-0.25, -0.2) is 4.98 Å². The summed E-state index contributed by atoms with van der Waals surface area (Å²) in [6.45, 7) is 3.70. The number of furan rings is 1. The van der Waals surface area contributed by atoms with E-state index in [-0.39, 0.29) is 17.7 Å². The highest BCUT2D eigenvalue weighted by molar-refractivity contribution is 7.09. The summed E-state index contributed by atoms with van der Waals surface area (Å²) in [6.07, 6.45) is 3.98. The van der Waals surface area contributed by atoms with E-state index in [9.17, 15) is 9.59 Å². The summed E-state index contributed by atoms with van der Waals surface area (Å²) >= 11 is 1.60. The van der Waals surface area contributed by atoms with Crippen molar-refractivity contribution in [3.63, 3.8) is 0 Å². The zero-order chi connectivity index (χ0) is 16.9. The van der Waals surface area contributed by atoms with Crippen LogP contribution in [0.4, 0.5) is 0 Å². The molecular formula is C17H21N3O3S. The minimum atomic E-state index is -0.0586. The van der Waals surface area contributed by atoms with E-state index in [0.717, 1.165) is 30.1 Å². The molecule has 0 bridgehead atoms. The highest BCUT2D eigenvalue weighted by Crippen LogP contribution is 2.30. The quantitative estimate of drug-likeness (QED) is 0.902. The topological polar surface area (TPSA) is 75.4 Å². The van der Waals surface area contributed by atoms with Crippen LogP contribution in [0.15, 0.2) is 28.2 Å². The summed E-state index contributed by atoms with van der Waals surface area (Å²) in [4.78, 5) is 30.2. The Balaban J connectivity index is 1.61. The van der Waals surface area contributed by atoms with Gasteiger partial charge in [0.1, 0.15) is 0 Å². The number of amides is 2. The average molecular weight is 347 g/mol. The second-order valence-corrected chi connectivity index (χ2v) is 6.76. The molecule has 2 amide bonds. The van der Waals surface area contributed by atoms with Gasteiger partial charge in [-0.2, -0.15) is 0 Å². The Morgan fingerprint density at radius 1 is 1.50 bits per heavy atom. The molecule has 0 spiro atoms. The highest BCUT2D eigenvalue weighted by atomic mass is 32.1. The normalized spacial score (nSPS) is 17.7. The van der Waals surface area contributed by atoms with Crippen LogP contribution < -0.4 is 5.32 Å². The predicted octanol–water partition coefficient (Wildman–Crippen LogP) is 2.78. The van der Waals surface area contributed by atoms with Crippen LogP contribution >= 0.6 is 11.3 Å². The first-order valence-corrected chi connectivity index (χ1v) is 9.09. The summed E-state index contributed by atoms with van der Waals surface area (Å²) < 4.78 is 5.21. The van der Waals surface area contributed by atoms with Gasteiger partial charge in [0.05, 0.1) is 23.5 Å². The summed E-state index contributed by atoms with van der Waals surface area (Å²) in [7, 11) is 0. The summed E-state index contributed by atoms with van der Waals surface area (Å²) in [5.41, 5.74) is 0.881. The van der Waals surface area contributed by atoms with Crippen molar-refractivity contribution in [2.24, 2.45) is 0 Å². The van der Waals surface area contributed by atoms with Gasteiger partial charge in [0, 0.05) is 30.8 Å². The monoisotopic (exact) mass is 347 g/mol. The van der Waals surface area contributed by atoms with E-state index in [2.05, 4.69) is 10.3 Å². The number of hydrogen-bond donors (Lipinski definition) is 1. The van der Waals surface area contributed by atoms with E-state index >= 15 is 0 Å². The third-order valence-corrected chi connectivity index (χ3v) is 5.20. The number of nitrogens with one attached hydrogen (secondary N) is 1. The Kier molecular flexibility index (Phi) is 5.30. The molecule has 0 saturated carbocycles. The lowest BCUT2D eigenvalue weighted by molar-refractivity contribution is -0.120. The molecule has 0 unspecified atom stereocenters. The molecule has 7 heteroatoms. The molecule has 3 rings (SSSR count). The van der Waals surface area contributed by atoms with E-state index in [4.69, 9.17) is 4.42 Å². The van der Waals surface area contributed by atoms with E-state index < -0.39 is 0 Å². The molecule has 6 nitrogen and oxygen atoms in total. The standard InChI is InChI=1S/C17H21N3O3S/c1-2-15(21)18-9-13-11-24-16(19-13)12-5-3-7-20(10-12)17(22)14-6-4-8-23-14/h4,6,8,11-12H,2-3,5,7,9-10H2,1H3,(H,18,21)/t12-/m1/s1. The number of likely N-dealkylation sites (tertiary alicyclic amines) is 1. The summed E-state index contributed by atoms with van der Waals surface area (Å²) in [5, 5.41) is 5.86. The molecule has 1 atom stereocenters. The van der Waals surface area contributed by atoms with Crippen LogP contribution in [0.2, 0.25) is 0 Å². The lowest BCUT2D eigenvalue weighted by Gasteiger charge is -2.31. The first kappa shape index (κ1) is 16.7. The maximum atomic E-state index is 12.4. The van der Waals surface area contributed by atoms with Crippen molar-refractivity contribution in [1.82, 2.24) is 15.2 Å². The van der Waals surface area contributed by atoms with E-state index in [1.165, 1.54) is 6.26 Å². The maximum absolute atomic E-state index is 12.4. The Bertz CT molecular complexity index is 696. The molecular weight excluding hydrogens is 326 g/mol. The molecule has 0 aliphatic carbocycles. The van der Waals surface area contributed by atoms with Gasteiger partial charge in [0.2, 0.25) is 5.91 Å². The van der Waals surface area contributed by atoms with Gasteiger partial charge >= 0.3 is 0 Å². The van der Waals surface area contributed by atoms with E-state index in [1.54, 1.807) is 23.5 Å². The zero-order valence-corrected chi connectivity index (χ0v) is 14.5. The fraction of sp³-hybridized carbons (Fsp3) is 0.471. The molecule has 128 valence electrons. The molecule has 3 heterocycles. The van der Waals surface area contributed by atoms with Crippen molar-refractivity contribution in [1.29, 1.82) is 0 Å². The smallest absolute Gasteiger partial charge is 0.289 e. The first-order valence-electron chi connectivity index (χ1n) is 8.21. The van der Waals surface area contributed by atoms with Crippen molar-refractivity contribution < 1.29 is 14.0 Å². The number of hydrogen-bond acceptors (Lipinski definition) is 5. The molecule has 2 aromatic rings. The number of rotatable bonds is 5. The molecule has 2 aromatic heterocycles. The second-order valence-electron chi connectivity index (χ2n) is 5.87. The van der Waals surface area contributed by atoms with Gasteiger partial charge in [0.15, 0.2) is 5.76 Å². The number of piperidine rings is 1. The van der Waals surface area contributed by atoms with Crippen LogP contribution in [0.1, 0.15) is 53.4 Å². The van der Waals surface area contributed by atoms with Gasteiger partial charge in [-0.05, 0) is 25.0 Å². The van der Waals surface area contributed by atoms with Crippen molar-refractivity contribution in [2.45, 2.75) is 38.6 Å². The molecule has 1 aliphatic heterocycles. The largest absolute Gasteiger partial charge is 0.459 e. The molecule has 0 radical (unpaired) electrons. The van der Waals surface area contributed by atoms with Crippen LogP contribution in [0.5, 0.6) is 0 Å². The SMILES string of the molecule is CCC(=O)NCc1csc([C@@H]2CCCN(C(=O)c3ccco3)C2)n1. The average Bonchev–Trinajstić information content (AvgIpc) is 3.30. The highest BCUT2D eigenvalue weighted by Gasteiger charge is 2.28. The molecule has 24 heavy (non-hydrogen) atoms. The number of aromatic nitrogens is 1. The lowest BCUT2D eigenvalue weighted by Crippen LogP contribution is -2.39. The van der Waals surface area contributed by atoms with Gasteiger partial charge in [-0.1, -0.05) is 6.92 Å². The molecule has 1 aliphatic rings. The Morgan fingerprint density at radius 3 is 3.12 bits per heavy atom. The number of carbonyl (C=O) groups is 2. The first-order chi connectivity index (χ1) is 11.7. The minimum absolute atomic E-state index is 0.0254. The van der Waals surface area contributed by atoms with E-state index in [1.807, 2.05) is 17.2 Å². The van der Waals surface area contributed by atoms with Crippen LogP contribution in [0.3, 0.4) is 0 Å². The summed E-state index contributed by atoms with van der Waals surface area (Å²) in [6, 6.07) is 3.43. The van der Waals surface area contributed by atoms with Crippen molar-refractivity contribution >= 4 is 23.2 Å². The number of carbonyl (C=O) groups excluding carboxylic acids is 2. The minimum Gasteiger partial charge on any atom is -0.459 e. The fourth-order valence-corrected chi connectivity index (χ4v) is 3.77. The van der Waals surface area contributed by atoms with Crippen molar-refractivity contribution in [2.75, 3.05) is 13.1 Å². The molecule has 1 fully saturated rings. The summed E-state index contributed by atoms with van der Waals surface area (Å²) in [5.74, 6) is 0.602. The third-order valence-electron chi connectivity index (χ3n) is 4.15. The Hall–Kier alpha value is -2.15. The van der Waals surface area contributed by atoms with Gasteiger partial charge in [-0.15, -0.1) is 11.3 Å². The zero-order valence-electron chi connectivity index (χ0n) is 13.7. The fourth-order valence-electron chi connectivity index (χ4n) is 2.82. The molecule has 0 aromatic carbocycles. The maximum Gasteiger partial charge on any atom is 0.289 e. The number of thiazole rings is 1. The van der Waals surface area contributed by atoms with Gasteiger partial charge in [-0.3, -0.25) is 9.59 Å². The Morgan fingerprint density at radius 2 is 2.38 bits per heavy atom. The van der Waals surface area contributed by atoms with Gasteiger partial charge in [0.25, 0.3) is 5.91 Å². The van der Waals surface area contributed by atoms with Crippen LogP contribution in [-0.4, -0.2) is 34.8 Å². The van der Waals surface area contributed by atoms with Crippen molar-refractivity contribution in [3.8, 4) is 0 Å². The van der Waals surface area contributed by atoms with Crippen LogP contribution in [-0.2, 0) is 11.3 Å². The van der Waals surface area contributed by atoms with E-state index in [0.29, 0.717) is 25.3 Å². The van der Waals surface area contributed by atoms with Crippen molar-refractivity contribution in [3.05, 3.63) is 40.2 Å². The Labute approximate surface area is 144 Å². The molecule has 1 N–H and O–H groups in total. The number of nitrogens with zero attached hydrogens (tertiary/aromatic N) is 2. The lowest BCUT2D eigenvalue weighted by atomic mass is 9.98. The third kappa shape index (κ3) is 3.84. The predicted molar refractivity (Wildman–Crippen MR) is 90.8 cm³/mol. The van der Waals surface area contributed by atoms with Crippen LogP contribution in [0, 0.1) is 0 Å². The second kappa shape index (κ2) is 7.61. The molecule has 1 saturated heterocycles. The van der Waals surface area contributed by atoms with Gasteiger partial charge < -0.3 is 14.6 Å². The van der Waals surface area contributed by atoms with Crippen LogP contribution in [0.25, 0.3) is 0 Å².